The number of fused-ring (bicyclic) bond motifs is 1. The first-order valence-corrected chi connectivity index (χ1v) is 10.5. The van der Waals surface area contributed by atoms with Crippen LogP contribution in [0.25, 0.3) is 0 Å². The van der Waals surface area contributed by atoms with E-state index >= 15 is 0 Å². The summed E-state index contributed by atoms with van der Waals surface area (Å²) >= 11 is 1.85. The molecule has 0 radical (unpaired) electrons. The first-order valence-electron chi connectivity index (χ1n) is 8.04. The van der Waals surface area contributed by atoms with E-state index in [2.05, 4.69) is 5.32 Å². The number of carbonyl (C=O) groups excluding carboxylic acids is 2. The summed E-state index contributed by atoms with van der Waals surface area (Å²) < 4.78 is 25.4. The van der Waals surface area contributed by atoms with Gasteiger partial charge in [-0.1, -0.05) is 25.0 Å². The molecule has 8 heteroatoms. The molecule has 6 nitrogen and oxygen atoms in total. The number of rotatable bonds is 6. The van der Waals surface area contributed by atoms with Crippen molar-refractivity contribution in [3.63, 3.8) is 0 Å². The third kappa shape index (κ3) is 3.44. The summed E-state index contributed by atoms with van der Waals surface area (Å²) in [7, 11) is -3.92. The lowest BCUT2D eigenvalue weighted by Crippen LogP contribution is -2.41. The van der Waals surface area contributed by atoms with Gasteiger partial charge in [0.15, 0.2) is 0 Å². The Hall–Kier alpha value is -1.54. The standard InChI is InChI=1S/C16H20N2O4S2/c19-15(17-9-10-23-12-5-1-2-6-12)11-18-16(20)13-7-3-4-8-14(13)24(18,21)22/h3-4,7-8,12H,1-2,5-6,9-11H2,(H,17,19). The zero-order valence-corrected chi connectivity index (χ0v) is 14.9. The van der Waals surface area contributed by atoms with Crippen molar-refractivity contribution in [1.29, 1.82) is 0 Å². The Morgan fingerprint density at radius 3 is 2.67 bits per heavy atom. The molecule has 3 rings (SSSR count). The fraction of sp³-hybridized carbons (Fsp3) is 0.500. The van der Waals surface area contributed by atoms with Crippen molar-refractivity contribution < 1.29 is 18.0 Å². The molecule has 0 spiro atoms. The van der Waals surface area contributed by atoms with Crippen LogP contribution in [-0.2, 0) is 14.8 Å². The SMILES string of the molecule is O=C(CN1C(=O)c2ccccc2S1(=O)=O)NCCSC1CCCC1. The molecule has 24 heavy (non-hydrogen) atoms. The van der Waals surface area contributed by atoms with Gasteiger partial charge < -0.3 is 5.32 Å². The van der Waals surface area contributed by atoms with Crippen LogP contribution < -0.4 is 5.32 Å². The lowest BCUT2D eigenvalue weighted by atomic mass is 10.2. The van der Waals surface area contributed by atoms with E-state index in [1.807, 2.05) is 11.8 Å². The smallest absolute Gasteiger partial charge is 0.269 e. The van der Waals surface area contributed by atoms with Gasteiger partial charge in [-0.25, -0.2) is 12.7 Å². The summed E-state index contributed by atoms with van der Waals surface area (Å²) in [4.78, 5) is 24.2. The normalized spacial score (nSPS) is 19.5. The molecule has 1 fully saturated rings. The molecule has 1 aromatic carbocycles. The van der Waals surface area contributed by atoms with E-state index in [9.17, 15) is 18.0 Å². The maximum atomic E-state index is 12.4. The Balaban J connectivity index is 1.52. The lowest BCUT2D eigenvalue weighted by Gasteiger charge is -2.15. The van der Waals surface area contributed by atoms with E-state index in [0.29, 0.717) is 16.1 Å². The van der Waals surface area contributed by atoms with Crippen LogP contribution in [0.5, 0.6) is 0 Å². The Morgan fingerprint density at radius 2 is 1.96 bits per heavy atom. The largest absolute Gasteiger partial charge is 0.354 e. The summed E-state index contributed by atoms with van der Waals surface area (Å²) in [6.45, 7) is 0.0129. The number of hydrogen-bond acceptors (Lipinski definition) is 5. The maximum absolute atomic E-state index is 12.4. The van der Waals surface area contributed by atoms with Crippen molar-refractivity contribution in [2.24, 2.45) is 0 Å². The molecule has 1 saturated carbocycles. The quantitative estimate of drug-likeness (QED) is 0.772. The summed E-state index contributed by atoms with van der Waals surface area (Å²) in [5.41, 5.74) is 0.127. The van der Waals surface area contributed by atoms with Gasteiger partial charge in [0.1, 0.15) is 11.4 Å². The number of amides is 2. The number of hydrogen-bond donors (Lipinski definition) is 1. The molecular weight excluding hydrogens is 348 g/mol. The highest BCUT2D eigenvalue weighted by Crippen LogP contribution is 2.30. The Kier molecular flexibility index (Phi) is 5.15. The molecular formula is C16H20N2O4S2. The average molecular weight is 368 g/mol. The minimum Gasteiger partial charge on any atom is -0.354 e. The zero-order valence-electron chi connectivity index (χ0n) is 13.2. The first-order chi connectivity index (χ1) is 11.5. The fourth-order valence-electron chi connectivity index (χ4n) is 3.04. The molecule has 2 aliphatic rings. The van der Waals surface area contributed by atoms with Crippen molar-refractivity contribution in [3.05, 3.63) is 29.8 Å². The van der Waals surface area contributed by atoms with Crippen LogP contribution in [0.4, 0.5) is 0 Å². The third-order valence-corrected chi connectivity index (χ3v) is 7.45. The van der Waals surface area contributed by atoms with Gasteiger partial charge >= 0.3 is 0 Å². The third-order valence-electron chi connectivity index (χ3n) is 4.28. The first kappa shape index (κ1) is 17.3. The number of benzene rings is 1. The monoisotopic (exact) mass is 368 g/mol. The van der Waals surface area contributed by atoms with Crippen LogP contribution in [0.15, 0.2) is 29.2 Å². The van der Waals surface area contributed by atoms with Crippen LogP contribution in [-0.4, -0.2) is 48.6 Å². The minimum atomic E-state index is -3.92. The van der Waals surface area contributed by atoms with Crippen LogP contribution in [0.3, 0.4) is 0 Å². The highest BCUT2D eigenvalue weighted by Gasteiger charge is 2.41. The Morgan fingerprint density at radius 1 is 1.25 bits per heavy atom. The molecule has 0 unspecified atom stereocenters. The Bertz CT molecular complexity index is 742. The summed E-state index contributed by atoms with van der Waals surface area (Å²) in [5, 5.41) is 3.38. The molecule has 1 heterocycles. The molecule has 1 aliphatic carbocycles. The van der Waals surface area contributed by atoms with Gasteiger partial charge in [0.25, 0.3) is 15.9 Å². The van der Waals surface area contributed by atoms with Crippen molar-refractivity contribution in [2.45, 2.75) is 35.8 Å². The van der Waals surface area contributed by atoms with Gasteiger partial charge in [-0.3, -0.25) is 9.59 Å². The van der Waals surface area contributed by atoms with Crippen molar-refractivity contribution >= 4 is 33.6 Å². The van der Waals surface area contributed by atoms with E-state index in [0.717, 1.165) is 5.75 Å². The van der Waals surface area contributed by atoms with E-state index in [4.69, 9.17) is 0 Å². The summed E-state index contributed by atoms with van der Waals surface area (Å²) in [6, 6.07) is 6.02. The second kappa shape index (κ2) is 7.14. The summed E-state index contributed by atoms with van der Waals surface area (Å²) in [5.74, 6) is -0.287. The van der Waals surface area contributed by atoms with Crippen LogP contribution in [0.2, 0.25) is 0 Å². The number of sulfonamides is 1. The lowest BCUT2D eigenvalue weighted by molar-refractivity contribution is -0.120. The number of nitrogens with one attached hydrogen (secondary N) is 1. The minimum absolute atomic E-state index is 0.0282. The average Bonchev–Trinajstić information content (AvgIpc) is 3.14. The molecule has 0 bridgehead atoms. The number of nitrogens with zero attached hydrogens (tertiary/aromatic N) is 1. The highest BCUT2D eigenvalue weighted by atomic mass is 32.2. The van der Waals surface area contributed by atoms with Gasteiger partial charge in [-0.15, -0.1) is 0 Å². The van der Waals surface area contributed by atoms with Gasteiger partial charge in [0.05, 0.1) is 5.56 Å². The van der Waals surface area contributed by atoms with E-state index < -0.39 is 28.4 Å². The van der Waals surface area contributed by atoms with Crippen molar-refractivity contribution in [2.75, 3.05) is 18.8 Å². The highest BCUT2D eigenvalue weighted by molar-refractivity contribution is 7.99. The predicted octanol–water partition coefficient (Wildman–Crippen LogP) is 1.62. The van der Waals surface area contributed by atoms with E-state index in [-0.39, 0.29) is 10.5 Å². The van der Waals surface area contributed by atoms with Gasteiger partial charge in [-0.2, -0.15) is 11.8 Å². The Labute approximate surface area is 146 Å². The van der Waals surface area contributed by atoms with Crippen LogP contribution in [0, 0.1) is 0 Å². The zero-order chi connectivity index (χ0) is 17.2. The van der Waals surface area contributed by atoms with Gasteiger partial charge in [-0.05, 0) is 25.0 Å². The second-order valence-corrected chi connectivity index (χ2v) is 9.18. The van der Waals surface area contributed by atoms with Gasteiger partial charge in [0, 0.05) is 17.5 Å². The fourth-order valence-corrected chi connectivity index (χ4v) is 5.79. The number of thioether (sulfide) groups is 1. The van der Waals surface area contributed by atoms with Crippen molar-refractivity contribution in [3.8, 4) is 0 Å². The molecule has 2 amide bonds. The topological polar surface area (TPSA) is 83.6 Å². The van der Waals surface area contributed by atoms with Crippen molar-refractivity contribution in [1.82, 2.24) is 9.62 Å². The summed E-state index contributed by atoms with van der Waals surface area (Å²) in [6.07, 6.45) is 5.02. The van der Waals surface area contributed by atoms with Gasteiger partial charge in [0.2, 0.25) is 5.91 Å². The molecule has 0 saturated heterocycles. The predicted molar refractivity (Wildman–Crippen MR) is 92.4 cm³/mol. The van der Waals surface area contributed by atoms with Crippen LogP contribution >= 0.6 is 11.8 Å². The second-order valence-electron chi connectivity index (χ2n) is 5.94. The maximum Gasteiger partial charge on any atom is 0.269 e. The number of carbonyl (C=O) groups is 2. The molecule has 1 N–H and O–H groups in total. The molecule has 1 aromatic rings. The molecule has 0 aromatic heterocycles. The van der Waals surface area contributed by atoms with E-state index in [1.165, 1.54) is 37.8 Å². The molecule has 130 valence electrons. The molecule has 0 atom stereocenters. The molecule has 1 aliphatic heterocycles. The van der Waals surface area contributed by atoms with E-state index in [1.54, 1.807) is 12.1 Å². The van der Waals surface area contributed by atoms with Crippen LogP contribution in [0.1, 0.15) is 36.0 Å².